The highest BCUT2D eigenvalue weighted by atomic mass is 19.1. The molecule has 0 radical (unpaired) electrons. The van der Waals surface area contributed by atoms with E-state index in [2.05, 4.69) is 145 Å². The van der Waals surface area contributed by atoms with Gasteiger partial charge < -0.3 is 30.2 Å². The van der Waals surface area contributed by atoms with Crippen LogP contribution in [0.25, 0.3) is 223 Å². The van der Waals surface area contributed by atoms with Gasteiger partial charge in [0.15, 0.2) is 45.9 Å². The lowest BCUT2D eigenvalue weighted by Gasteiger charge is -2.12. The molecule has 0 saturated heterocycles. The molecule has 0 fully saturated rings. The van der Waals surface area contributed by atoms with Crippen molar-refractivity contribution in [3.05, 3.63) is 310 Å². The van der Waals surface area contributed by atoms with Gasteiger partial charge in [0, 0.05) is 180 Å². The summed E-state index contributed by atoms with van der Waals surface area (Å²) in [5.74, 6) is 1.35. The number of nitrogens with zero attached hydrogens (tertiary/aromatic N) is 21. The van der Waals surface area contributed by atoms with Crippen molar-refractivity contribution >= 4 is 94.0 Å². The molecule has 132 heavy (non-hydrogen) atoms. The minimum absolute atomic E-state index is 0.285. The third kappa shape index (κ3) is 16.0. The van der Waals surface area contributed by atoms with Gasteiger partial charge in [-0.15, -0.1) is 0 Å². The number of rotatable bonds is 16. The van der Waals surface area contributed by atoms with Crippen molar-refractivity contribution in [3.63, 3.8) is 0 Å². The molecular formula is C98H70F4N30. The first-order valence-electron chi connectivity index (χ1n) is 41.6. The number of aromatic amines is 8. The van der Waals surface area contributed by atoms with Crippen molar-refractivity contribution in [1.82, 2.24) is 146 Å². The molecule has 24 rings (SSSR count). The molecule has 4 aromatic carbocycles. The van der Waals surface area contributed by atoms with Gasteiger partial charge in [0.2, 0.25) is 0 Å². The maximum absolute atomic E-state index is 13.4. The average Bonchev–Trinajstić information content (AvgIpc) is 1.63. The number of H-pyrrole nitrogens is 8. The summed E-state index contributed by atoms with van der Waals surface area (Å²) in [5, 5.41) is 36.3. The third-order valence-electron chi connectivity index (χ3n) is 22.4. The van der Waals surface area contributed by atoms with Crippen LogP contribution in [-0.2, 0) is 6.54 Å². The minimum atomic E-state index is -0.287. The van der Waals surface area contributed by atoms with E-state index in [-0.39, 0.29) is 23.3 Å². The van der Waals surface area contributed by atoms with Crippen molar-refractivity contribution in [2.24, 2.45) is 0 Å². The van der Waals surface area contributed by atoms with E-state index < -0.39 is 0 Å². The number of halogens is 4. The molecular weight excluding hydrogens is 1670 g/mol. The van der Waals surface area contributed by atoms with Crippen LogP contribution in [0.15, 0.2) is 276 Å². The van der Waals surface area contributed by atoms with Crippen molar-refractivity contribution in [2.45, 2.75) is 20.4 Å². The van der Waals surface area contributed by atoms with Crippen LogP contribution in [-0.4, -0.2) is 161 Å². The highest BCUT2D eigenvalue weighted by Crippen LogP contribution is 2.40. The zero-order valence-corrected chi connectivity index (χ0v) is 70.3. The summed E-state index contributed by atoms with van der Waals surface area (Å²) in [6.07, 6.45) is 35.5. The second-order valence-corrected chi connectivity index (χ2v) is 31.1. The van der Waals surface area contributed by atoms with E-state index in [9.17, 15) is 17.6 Å². The first-order valence-corrected chi connectivity index (χ1v) is 41.6. The topological polar surface area (TPSA) is 399 Å². The molecule has 30 nitrogen and oxygen atoms in total. The predicted molar refractivity (Wildman–Crippen MR) is 498 cm³/mol. The van der Waals surface area contributed by atoms with Crippen molar-refractivity contribution in [2.75, 3.05) is 25.5 Å². The van der Waals surface area contributed by atoms with Gasteiger partial charge in [-0.1, -0.05) is 61.5 Å². The van der Waals surface area contributed by atoms with Crippen LogP contribution in [0.2, 0.25) is 0 Å². The van der Waals surface area contributed by atoms with E-state index >= 15 is 0 Å². The number of anilines is 1. The van der Waals surface area contributed by atoms with Crippen molar-refractivity contribution in [3.8, 4) is 135 Å². The largest absolute Gasteiger partial charge is 0.376 e. The molecule has 20 aromatic heterocycles. The fourth-order valence-corrected chi connectivity index (χ4v) is 15.7. The molecule has 9 N–H and O–H groups in total. The summed E-state index contributed by atoms with van der Waals surface area (Å²) in [5.41, 5.74) is 28.9. The maximum atomic E-state index is 13.4. The molecule has 0 amide bonds. The molecule has 24 aromatic rings. The lowest BCUT2D eigenvalue weighted by Crippen LogP contribution is -2.11. The van der Waals surface area contributed by atoms with Gasteiger partial charge in [-0.05, 0) is 144 Å². The fraction of sp³-hybridized carbons (Fsp3) is 0.0612. The number of pyridine rings is 12. The Balaban J connectivity index is 0.000000106. The van der Waals surface area contributed by atoms with E-state index in [1.165, 1.54) is 48.5 Å². The molecule has 34 heteroatoms. The van der Waals surface area contributed by atoms with Gasteiger partial charge in [-0.3, -0.25) is 60.3 Å². The summed E-state index contributed by atoms with van der Waals surface area (Å²) in [6.45, 7) is 5.77. The van der Waals surface area contributed by atoms with Gasteiger partial charge >= 0.3 is 0 Å². The first kappa shape index (κ1) is 81.0. The standard InChI is InChI=1S/C26H21FN8.C25H19FN8.C24H16FN7.C23H14FN7/c1-2-28-9-15-7-17(11-29-10-15)18-8-20-24(34-35-25(20)31-12-18)26-32-22-14-30-13-21(23(22)33-26)16-3-5-19(27)6-4-16;1-34(2)18-7-15(9-27-11-18)16-8-19-23(32-33-24(19)29-10-16)25-30-21-13-28-12-20(22(21)31-25)14-3-5-17(26)6-4-14;1-13-6-7-26-10-18(13)15-8-17-22(31-32-23(17)28-9-15)24-29-20-12-27-11-19(21(20)30-24)14-2-4-16(25)5-3-14;24-16-5-3-13(4-6-16)18-11-26-12-19-20(18)29-23(28-19)21-17-8-15(10-27-22(17)31-30-21)14-2-1-7-25-9-14/h3-8,10-14,28H,2,9H2,1H3,(H,32,33)(H,31,34,35);3-13H,1-2H3,(H,30,31)(H,29,32,33);2-12H,1H3,(H,29,30)(H,28,31,32);1-12H,(H,28,29)(H,27,30,31). The molecule has 20 heterocycles. The first-order chi connectivity index (χ1) is 64.7. The van der Waals surface area contributed by atoms with Crippen LogP contribution in [0.5, 0.6) is 0 Å². The number of nitrogens with one attached hydrogen (secondary N) is 9. The zero-order chi connectivity index (χ0) is 89.5. The monoisotopic (exact) mass is 1740 g/mol. The highest BCUT2D eigenvalue weighted by Gasteiger charge is 2.24. The van der Waals surface area contributed by atoms with E-state index in [1.807, 2.05) is 99.4 Å². The quantitative estimate of drug-likeness (QED) is 0.0406. The summed E-state index contributed by atoms with van der Waals surface area (Å²) in [6, 6.07) is 43.3. The normalized spacial score (nSPS) is 11.4. The fourth-order valence-electron chi connectivity index (χ4n) is 15.7. The SMILES string of the molecule is CCNCc1cncc(-c2cnc3n[nH]c(-c4nc5c(-c6ccc(F)cc6)cncc5[nH]4)c3c2)c1.CN(C)c1cncc(-c2cnc3n[nH]c(-c4nc5c(-c6ccc(F)cc6)cncc5[nH]4)c3c2)c1.Cc1ccncc1-c1cnc2n[nH]c(-c3nc4c(-c5ccc(F)cc5)cncc4[nH]3)c2c1.Fc1ccc(-c2cncc3[nH]c(-c4[nH]nc5ncc(-c6cccnc6)cc45)nc23)cc1. The summed E-state index contributed by atoms with van der Waals surface area (Å²) >= 11 is 0. The van der Waals surface area contributed by atoms with Crippen LogP contribution in [0.3, 0.4) is 0 Å². The van der Waals surface area contributed by atoms with Crippen LogP contribution in [0.1, 0.15) is 18.1 Å². The molecule has 0 aliphatic rings. The van der Waals surface area contributed by atoms with Crippen LogP contribution >= 0.6 is 0 Å². The second kappa shape index (κ2) is 34.7. The Hall–Kier alpha value is -18.1. The van der Waals surface area contributed by atoms with Gasteiger partial charge in [-0.25, -0.2) is 57.4 Å². The van der Waals surface area contributed by atoms with Gasteiger partial charge in [-0.2, -0.15) is 20.4 Å². The number of benzene rings is 4. The number of aromatic nitrogens is 28. The molecule has 0 aliphatic heterocycles. The Bertz CT molecular complexity index is 8390. The van der Waals surface area contributed by atoms with Crippen LogP contribution in [0, 0.1) is 30.2 Å². The molecule has 0 saturated carbocycles. The summed E-state index contributed by atoms with van der Waals surface area (Å²) in [4.78, 5) is 87.2. The summed E-state index contributed by atoms with van der Waals surface area (Å²) < 4.78 is 53.6. The minimum Gasteiger partial charge on any atom is -0.376 e. The lowest BCUT2D eigenvalue weighted by atomic mass is 10.0. The Morgan fingerprint density at radius 2 is 0.629 bits per heavy atom. The van der Waals surface area contributed by atoms with Gasteiger partial charge in [0.05, 0.1) is 102 Å². The summed E-state index contributed by atoms with van der Waals surface area (Å²) in [7, 11) is 3.96. The predicted octanol–water partition coefficient (Wildman–Crippen LogP) is 19.5. The number of hydrogen-bond acceptors (Lipinski definition) is 22. The number of aryl methyl sites for hydroxylation is 1. The Kier molecular flexibility index (Phi) is 21.3. The molecule has 0 bridgehead atoms. The average molecular weight is 1740 g/mol. The smallest absolute Gasteiger partial charge is 0.181 e. The molecule has 0 unspecified atom stereocenters. The Labute approximate surface area is 744 Å². The number of hydrogen-bond donors (Lipinski definition) is 9. The van der Waals surface area contributed by atoms with E-state index in [0.29, 0.717) is 45.9 Å². The van der Waals surface area contributed by atoms with Gasteiger partial charge in [0.1, 0.15) is 46.0 Å². The van der Waals surface area contributed by atoms with Crippen LogP contribution in [0.4, 0.5) is 23.2 Å². The van der Waals surface area contributed by atoms with Gasteiger partial charge in [0.25, 0.3) is 0 Å². The second-order valence-electron chi connectivity index (χ2n) is 31.1. The Morgan fingerprint density at radius 3 is 0.992 bits per heavy atom. The Morgan fingerprint density at radius 1 is 0.303 bits per heavy atom. The van der Waals surface area contributed by atoms with E-state index in [0.717, 1.165) is 207 Å². The number of imidazole rings is 4. The van der Waals surface area contributed by atoms with Crippen molar-refractivity contribution < 1.29 is 17.6 Å². The van der Waals surface area contributed by atoms with E-state index in [1.54, 1.807) is 141 Å². The maximum Gasteiger partial charge on any atom is 0.181 e. The molecule has 0 spiro atoms. The lowest BCUT2D eigenvalue weighted by molar-refractivity contribution is 0.627. The molecule has 640 valence electrons. The zero-order valence-electron chi connectivity index (χ0n) is 70.3. The molecule has 0 atom stereocenters. The van der Waals surface area contributed by atoms with Crippen LogP contribution < -0.4 is 10.2 Å². The highest BCUT2D eigenvalue weighted by molar-refractivity contribution is 6.02. The van der Waals surface area contributed by atoms with Crippen molar-refractivity contribution in [1.29, 1.82) is 0 Å². The number of fused-ring (bicyclic) bond motifs is 8. The third-order valence-corrected chi connectivity index (χ3v) is 22.4. The van der Waals surface area contributed by atoms with E-state index in [4.69, 9.17) is 19.9 Å². The molecule has 0 aliphatic carbocycles.